The van der Waals surface area contributed by atoms with Gasteiger partial charge < -0.3 is 4.74 Å². The van der Waals surface area contributed by atoms with Crippen molar-refractivity contribution in [2.24, 2.45) is 0 Å². The summed E-state index contributed by atoms with van der Waals surface area (Å²) in [6.45, 7) is 0.572. The van der Waals surface area contributed by atoms with Crippen molar-refractivity contribution in [2.75, 3.05) is 23.3 Å². The predicted octanol–water partition coefficient (Wildman–Crippen LogP) is 3.55. The number of amides is 1. The number of benzene rings is 1. The van der Waals surface area contributed by atoms with Gasteiger partial charge in [0.05, 0.1) is 18.4 Å². The summed E-state index contributed by atoms with van der Waals surface area (Å²) in [6.07, 6.45) is 4.56. The van der Waals surface area contributed by atoms with Crippen LogP contribution in [-0.2, 0) is 39.0 Å². The molecule has 0 saturated carbocycles. The van der Waals surface area contributed by atoms with Crippen molar-refractivity contribution in [3.63, 3.8) is 0 Å². The Kier molecular flexibility index (Phi) is 7.86. The molecule has 2 aliphatic rings. The number of rotatable bonds is 8. The van der Waals surface area contributed by atoms with E-state index in [1.165, 1.54) is 11.3 Å². The summed E-state index contributed by atoms with van der Waals surface area (Å²) in [5.74, 6) is -0.456. The zero-order valence-electron chi connectivity index (χ0n) is 19.5. The average molecular weight is 543 g/mol. The largest absolute Gasteiger partial charge is 0.350 e. The monoisotopic (exact) mass is 542 g/mol. The van der Waals surface area contributed by atoms with Gasteiger partial charge in [-0.05, 0) is 55.5 Å². The van der Waals surface area contributed by atoms with E-state index in [1.807, 2.05) is 6.07 Å². The van der Waals surface area contributed by atoms with Gasteiger partial charge in [-0.2, -0.15) is 0 Å². The first-order chi connectivity index (χ1) is 16.6. The first-order valence-electron chi connectivity index (χ1n) is 11.5. The fraction of sp³-hybridized carbons (Fsp3) is 0.522. The number of carbonyl (C=O) groups excluding carboxylic acids is 1. The molecule has 0 aliphatic carbocycles. The summed E-state index contributed by atoms with van der Waals surface area (Å²) in [5, 5.41) is 0. The Morgan fingerprint density at radius 2 is 1.91 bits per heavy atom. The number of sulfonamides is 1. The van der Waals surface area contributed by atoms with E-state index in [-0.39, 0.29) is 12.2 Å². The van der Waals surface area contributed by atoms with Crippen LogP contribution in [0.25, 0.3) is 10.4 Å². The minimum atomic E-state index is -3.59. The van der Waals surface area contributed by atoms with E-state index in [2.05, 4.69) is 10.2 Å². The molecule has 1 aromatic carbocycles. The molecule has 4 rings (SSSR count). The second-order valence-corrected chi connectivity index (χ2v) is 14.3. The van der Waals surface area contributed by atoms with Crippen molar-refractivity contribution in [3.8, 4) is 10.4 Å². The van der Waals surface area contributed by atoms with Gasteiger partial charge in [-0.3, -0.25) is 9.52 Å². The first kappa shape index (κ1) is 26.1. The molecule has 12 heteroatoms. The van der Waals surface area contributed by atoms with E-state index in [0.29, 0.717) is 42.9 Å². The van der Waals surface area contributed by atoms with Crippen LogP contribution in [0.2, 0.25) is 0 Å². The Morgan fingerprint density at radius 1 is 1.14 bits per heavy atom. The van der Waals surface area contributed by atoms with Crippen molar-refractivity contribution in [1.82, 2.24) is 5.48 Å². The molecule has 9 nitrogen and oxygen atoms in total. The molecule has 1 amide bonds. The van der Waals surface area contributed by atoms with Gasteiger partial charge >= 0.3 is 0 Å². The van der Waals surface area contributed by atoms with Crippen LogP contribution in [0.4, 0.5) is 5.69 Å². The van der Waals surface area contributed by atoms with Crippen LogP contribution in [0.15, 0.2) is 36.4 Å². The van der Waals surface area contributed by atoms with Crippen molar-refractivity contribution in [3.05, 3.63) is 41.3 Å². The van der Waals surface area contributed by atoms with Gasteiger partial charge in [-0.15, -0.1) is 11.3 Å². The van der Waals surface area contributed by atoms with Crippen molar-refractivity contribution >= 4 is 42.8 Å². The van der Waals surface area contributed by atoms with E-state index in [4.69, 9.17) is 9.57 Å². The Bertz CT molecular complexity index is 1250. The molecule has 2 saturated heterocycles. The lowest BCUT2D eigenvalue weighted by Crippen LogP contribution is -2.45. The van der Waals surface area contributed by atoms with Gasteiger partial charge in [0, 0.05) is 28.5 Å². The van der Waals surface area contributed by atoms with Gasteiger partial charge in [-0.25, -0.2) is 27.2 Å². The number of nitrogens with one attached hydrogen (secondary N) is 2. The third-order valence-electron chi connectivity index (χ3n) is 6.25. The highest BCUT2D eigenvalue weighted by atomic mass is 32.2. The van der Waals surface area contributed by atoms with Gasteiger partial charge in [0.2, 0.25) is 15.9 Å². The topological polar surface area (TPSA) is 128 Å². The first-order valence-corrected chi connectivity index (χ1v) is 15.9. The number of hydrogen-bond donors (Lipinski definition) is 2. The second-order valence-electron chi connectivity index (χ2n) is 9.00. The quantitative estimate of drug-likeness (QED) is 0.488. The van der Waals surface area contributed by atoms with Crippen LogP contribution in [0, 0.1) is 0 Å². The standard InChI is InChI=1S/C23H30N2O7S3/c1-34(27,28)25-18-9-7-17(8-10-18)19-11-12-20(33-19)23(13-3-5-15-35(23,29)30)16-21(26)24-32-22-6-2-4-14-31-22/h7-12,22,25H,2-6,13-16H2,1H3,(H,24,26)/t22?,23-/m0/s1. The molecular weight excluding hydrogens is 512 g/mol. The Morgan fingerprint density at radius 3 is 2.57 bits per heavy atom. The van der Waals surface area contributed by atoms with Gasteiger partial charge in [0.1, 0.15) is 4.75 Å². The molecule has 192 valence electrons. The molecule has 2 N–H and O–H groups in total. The smallest absolute Gasteiger partial charge is 0.245 e. The Labute approximate surface area is 210 Å². The predicted molar refractivity (Wildman–Crippen MR) is 135 cm³/mol. The lowest BCUT2D eigenvalue weighted by Gasteiger charge is -2.35. The summed E-state index contributed by atoms with van der Waals surface area (Å²) in [5.41, 5.74) is 3.68. The van der Waals surface area contributed by atoms with Gasteiger partial charge in [0.15, 0.2) is 16.1 Å². The number of carbonyl (C=O) groups is 1. The molecule has 1 unspecified atom stereocenters. The zero-order chi connectivity index (χ0) is 25.1. The average Bonchev–Trinajstić information content (AvgIpc) is 3.30. The minimum absolute atomic E-state index is 0.0337. The highest BCUT2D eigenvalue weighted by molar-refractivity contribution is 7.92. The van der Waals surface area contributed by atoms with E-state index in [9.17, 15) is 21.6 Å². The molecule has 2 fully saturated rings. The maximum absolute atomic E-state index is 13.4. The van der Waals surface area contributed by atoms with Crippen LogP contribution in [0.5, 0.6) is 0 Å². The third kappa shape index (κ3) is 6.23. The number of hydrogen-bond acceptors (Lipinski definition) is 8. The van der Waals surface area contributed by atoms with E-state index in [1.54, 1.807) is 30.3 Å². The molecule has 0 radical (unpaired) electrons. The molecular formula is C23H30N2O7S3. The molecule has 1 aromatic heterocycles. The molecule has 2 aliphatic heterocycles. The second kappa shape index (κ2) is 10.6. The van der Waals surface area contributed by atoms with Crippen molar-refractivity contribution in [2.45, 2.75) is 56.0 Å². The zero-order valence-corrected chi connectivity index (χ0v) is 21.9. The summed E-state index contributed by atoms with van der Waals surface area (Å²) in [6, 6.07) is 10.5. The molecule has 35 heavy (non-hydrogen) atoms. The van der Waals surface area contributed by atoms with E-state index >= 15 is 0 Å². The number of sulfone groups is 1. The highest BCUT2D eigenvalue weighted by Crippen LogP contribution is 2.47. The van der Waals surface area contributed by atoms with Gasteiger partial charge in [-0.1, -0.05) is 18.6 Å². The lowest BCUT2D eigenvalue weighted by molar-refractivity contribution is -0.200. The maximum atomic E-state index is 13.4. The van der Waals surface area contributed by atoms with E-state index < -0.39 is 36.8 Å². The van der Waals surface area contributed by atoms with Crippen LogP contribution in [0.3, 0.4) is 0 Å². The minimum Gasteiger partial charge on any atom is -0.350 e. The summed E-state index contributed by atoms with van der Waals surface area (Å²) < 4.78 is 56.2. The fourth-order valence-corrected chi connectivity index (χ4v) is 8.85. The van der Waals surface area contributed by atoms with Crippen LogP contribution < -0.4 is 10.2 Å². The molecule has 0 bridgehead atoms. The normalized spacial score (nSPS) is 24.5. The van der Waals surface area contributed by atoms with Gasteiger partial charge in [0.25, 0.3) is 0 Å². The van der Waals surface area contributed by atoms with E-state index in [0.717, 1.165) is 29.5 Å². The number of hydroxylamine groups is 1. The maximum Gasteiger partial charge on any atom is 0.245 e. The van der Waals surface area contributed by atoms with Crippen molar-refractivity contribution < 1.29 is 31.2 Å². The summed E-state index contributed by atoms with van der Waals surface area (Å²) >= 11 is 1.34. The SMILES string of the molecule is CS(=O)(=O)Nc1ccc(-c2ccc([C@@]3(CC(=O)NOC4CCCCO4)CCCCS3(=O)=O)s2)cc1. The Hall–Kier alpha value is -1.99. The molecule has 2 aromatic rings. The molecule has 2 atom stereocenters. The van der Waals surface area contributed by atoms with Crippen LogP contribution in [-0.4, -0.2) is 47.6 Å². The summed E-state index contributed by atoms with van der Waals surface area (Å²) in [7, 11) is -6.97. The highest BCUT2D eigenvalue weighted by Gasteiger charge is 2.49. The summed E-state index contributed by atoms with van der Waals surface area (Å²) in [4.78, 5) is 19.7. The van der Waals surface area contributed by atoms with Crippen molar-refractivity contribution in [1.29, 1.82) is 0 Å². The lowest BCUT2D eigenvalue weighted by atomic mass is 9.94. The molecule has 0 spiro atoms. The Balaban J connectivity index is 1.55. The fourth-order valence-electron chi connectivity index (χ4n) is 4.50. The number of anilines is 1. The van der Waals surface area contributed by atoms with Crippen LogP contribution >= 0.6 is 11.3 Å². The molecule has 3 heterocycles. The van der Waals surface area contributed by atoms with Crippen LogP contribution in [0.1, 0.15) is 49.8 Å². The number of thiophene rings is 1. The number of ether oxygens (including phenoxy) is 1. The third-order valence-corrected chi connectivity index (χ3v) is 10.9.